The maximum atomic E-state index is 12.4. The molecule has 1 saturated carbocycles. The van der Waals surface area contributed by atoms with Crippen molar-refractivity contribution in [3.8, 4) is 0 Å². The lowest BCUT2D eigenvalue weighted by Crippen LogP contribution is -2.23. The van der Waals surface area contributed by atoms with Crippen molar-refractivity contribution in [2.45, 2.75) is 51.5 Å². The fourth-order valence-electron chi connectivity index (χ4n) is 2.93. The van der Waals surface area contributed by atoms with Gasteiger partial charge in [-0.05, 0) is 37.6 Å². The minimum Gasteiger partial charge on any atom is -0.326 e. The number of carbonyl (C=O) groups is 1. The summed E-state index contributed by atoms with van der Waals surface area (Å²) in [6, 6.07) is 8.10. The third-order valence-electron chi connectivity index (χ3n) is 4.05. The lowest BCUT2D eigenvalue weighted by atomic mass is 9.90. The predicted octanol–water partition coefficient (Wildman–Crippen LogP) is 3.71. The van der Waals surface area contributed by atoms with Gasteiger partial charge in [0.25, 0.3) is 0 Å². The third kappa shape index (κ3) is 4.64. The van der Waals surface area contributed by atoms with Gasteiger partial charge < -0.3 is 10.6 Å². The second-order valence-electron chi connectivity index (χ2n) is 5.76. The highest BCUT2D eigenvalue weighted by Crippen LogP contribution is 2.23. The molecular formula is C17H26N2O. The maximum Gasteiger partial charge on any atom is 0.227 e. The van der Waals surface area contributed by atoms with Crippen LogP contribution in [0.4, 0.5) is 5.69 Å². The first kappa shape index (κ1) is 15.0. The van der Waals surface area contributed by atoms with E-state index in [-0.39, 0.29) is 11.8 Å². The summed E-state index contributed by atoms with van der Waals surface area (Å²) in [6.45, 7) is 0.827. The van der Waals surface area contributed by atoms with E-state index in [1.165, 1.54) is 37.7 Å². The molecule has 0 atom stereocenters. The highest BCUT2D eigenvalue weighted by molar-refractivity contribution is 5.92. The molecule has 3 heteroatoms. The molecule has 2 N–H and O–H groups in total. The van der Waals surface area contributed by atoms with Crippen LogP contribution in [0.3, 0.4) is 0 Å². The van der Waals surface area contributed by atoms with Crippen molar-refractivity contribution in [3.63, 3.8) is 0 Å². The van der Waals surface area contributed by atoms with Gasteiger partial charge in [0.05, 0.1) is 0 Å². The van der Waals surface area contributed by atoms with Crippen LogP contribution in [0, 0.1) is 5.92 Å². The van der Waals surface area contributed by atoms with Crippen LogP contribution in [-0.2, 0) is 11.3 Å². The Balaban J connectivity index is 1.93. The van der Waals surface area contributed by atoms with Crippen molar-refractivity contribution >= 4 is 11.6 Å². The average Bonchev–Trinajstić information content (AvgIpc) is 2.38. The molecule has 0 aliphatic heterocycles. The Kier molecular flexibility index (Phi) is 6.06. The number of carbonyl (C=O) groups excluding carboxylic acids is 1. The van der Waals surface area contributed by atoms with E-state index >= 15 is 0 Å². The van der Waals surface area contributed by atoms with Gasteiger partial charge in [0.15, 0.2) is 0 Å². The fraction of sp³-hybridized carbons (Fsp3) is 0.588. The largest absolute Gasteiger partial charge is 0.326 e. The second kappa shape index (κ2) is 8.05. The Hall–Kier alpha value is -1.35. The molecule has 0 saturated heterocycles. The van der Waals surface area contributed by atoms with Gasteiger partial charge in [-0.3, -0.25) is 4.79 Å². The lowest BCUT2D eigenvalue weighted by Gasteiger charge is -2.19. The number of hydrogen-bond acceptors (Lipinski definition) is 2. The van der Waals surface area contributed by atoms with E-state index in [1.54, 1.807) is 0 Å². The molecule has 0 bridgehead atoms. The van der Waals surface area contributed by atoms with Gasteiger partial charge >= 0.3 is 0 Å². The number of amides is 1. The molecule has 0 spiro atoms. The molecule has 110 valence electrons. The Morgan fingerprint density at radius 3 is 2.55 bits per heavy atom. The highest BCUT2D eigenvalue weighted by Gasteiger charge is 2.19. The Morgan fingerprint density at radius 2 is 1.85 bits per heavy atom. The summed E-state index contributed by atoms with van der Waals surface area (Å²) in [5, 5.41) is 6.22. The minimum absolute atomic E-state index is 0.197. The summed E-state index contributed by atoms with van der Waals surface area (Å²) in [5.41, 5.74) is 2.12. The first-order valence-electron chi connectivity index (χ1n) is 7.84. The fourth-order valence-corrected chi connectivity index (χ4v) is 2.93. The van der Waals surface area contributed by atoms with Crippen molar-refractivity contribution in [1.82, 2.24) is 5.32 Å². The second-order valence-corrected chi connectivity index (χ2v) is 5.76. The smallest absolute Gasteiger partial charge is 0.227 e. The summed E-state index contributed by atoms with van der Waals surface area (Å²) in [5.74, 6) is 0.400. The number of anilines is 1. The van der Waals surface area contributed by atoms with E-state index in [0.717, 1.165) is 25.1 Å². The van der Waals surface area contributed by atoms with Crippen LogP contribution in [-0.4, -0.2) is 13.0 Å². The standard InChI is InChI=1S/C17H26N2O/c1-18-13-14-8-7-11-16(12-14)19-17(20)15-9-5-3-2-4-6-10-15/h7-8,11-12,15,18H,2-6,9-10,13H2,1H3,(H,19,20). The molecule has 1 amide bonds. The molecule has 0 unspecified atom stereocenters. The van der Waals surface area contributed by atoms with E-state index in [2.05, 4.69) is 22.8 Å². The average molecular weight is 274 g/mol. The number of nitrogens with one attached hydrogen (secondary N) is 2. The van der Waals surface area contributed by atoms with Gasteiger partial charge in [-0.25, -0.2) is 0 Å². The molecule has 1 aliphatic rings. The molecule has 0 aromatic heterocycles. The van der Waals surface area contributed by atoms with Crippen LogP contribution in [0.5, 0.6) is 0 Å². The zero-order chi connectivity index (χ0) is 14.2. The quantitative estimate of drug-likeness (QED) is 0.879. The summed E-state index contributed by atoms with van der Waals surface area (Å²) in [7, 11) is 1.93. The van der Waals surface area contributed by atoms with Crippen LogP contribution in [0.25, 0.3) is 0 Å². The Bertz CT molecular complexity index is 423. The molecule has 1 aromatic carbocycles. The zero-order valence-electron chi connectivity index (χ0n) is 12.5. The molecule has 1 fully saturated rings. The van der Waals surface area contributed by atoms with Crippen LogP contribution < -0.4 is 10.6 Å². The minimum atomic E-state index is 0.197. The monoisotopic (exact) mass is 274 g/mol. The Labute approximate surface area is 122 Å². The Morgan fingerprint density at radius 1 is 1.15 bits per heavy atom. The normalized spacial score (nSPS) is 17.2. The van der Waals surface area contributed by atoms with Crippen molar-refractivity contribution in [2.75, 3.05) is 12.4 Å². The number of benzene rings is 1. The molecule has 1 aromatic rings. The first-order chi connectivity index (χ1) is 9.79. The first-order valence-corrected chi connectivity index (χ1v) is 7.84. The van der Waals surface area contributed by atoms with E-state index < -0.39 is 0 Å². The molecule has 1 aliphatic carbocycles. The molecule has 2 rings (SSSR count). The van der Waals surface area contributed by atoms with Gasteiger partial charge in [-0.1, -0.05) is 44.2 Å². The third-order valence-corrected chi connectivity index (χ3v) is 4.05. The summed E-state index contributed by atoms with van der Waals surface area (Å²) in [6.07, 6.45) is 8.36. The SMILES string of the molecule is CNCc1cccc(NC(=O)C2CCCCCCC2)c1. The maximum absolute atomic E-state index is 12.4. The van der Waals surface area contributed by atoms with Crippen molar-refractivity contribution in [2.24, 2.45) is 5.92 Å². The molecule has 20 heavy (non-hydrogen) atoms. The summed E-state index contributed by atoms with van der Waals surface area (Å²) in [4.78, 5) is 12.4. The van der Waals surface area contributed by atoms with Gasteiger partial charge in [-0.15, -0.1) is 0 Å². The number of rotatable bonds is 4. The van der Waals surface area contributed by atoms with Gasteiger partial charge in [0.2, 0.25) is 5.91 Å². The van der Waals surface area contributed by atoms with E-state index in [4.69, 9.17) is 0 Å². The summed E-state index contributed by atoms with van der Waals surface area (Å²) < 4.78 is 0. The van der Waals surface area contributed by atoms with Crippen LogP contribution in [0.2, 0.25) is 0 Å². The van der Waals surface area contributed by atoms with Crippen LogP contribution in [0.1, 0.15) is 50.5 Å². The van der Waals surface area contributed by atoms with Gasteiger partial charge in [-0.2, -0.15) is 0 Å². The topological polar surface area (TPSA) is 41.1 Å². The van der Waals surface area contributed by atoms with Gasteiger partial charge in [0.1, 0.15) is 0 Å². The van der Waals surface area contributed by atoms with Crippen molar-refractivity contribution in [1.29, 1.82) is 0 Å². The van der Waals surface area contributed by atoms with Crippen molar-refractivity contribution in [3.05, 3.63) is 29.8 Å². The van der Waals surface area contributed by atoms with Gasteiger partial charge in [0, 0.05) is 18.2 Å². The van der Waals surface area contributed by atoms with Crippen LogP contribution >= 0.6 is 0 Å². The summed E-state index contributed by atoms with van der Waals surface area (Å²) >= 11 is 0. The zero-order valence-corrected chi connectivity index (χ0v) is 12.5. The van der Waals surface area contributed by atoms with E-state index in [0.29, 0.717) is 0 Å². The molecule has 0 radical (unpaired) electrons. The van der Waals surface area contributed by atoms with E-state index in [1.807, 2.05) is 19.2 Å². The van der Waals surface area contributed by atoms with Crippen molar-refractivity contribution < 1.29 is 4.79 Å². The molecular weight excluding hydrogens is 248 g/mol. The molecule has 3 nitrogen and oxygen atoms in total. The predicted molar refractivity (Wildman–Crippen MR) is 83.6 cm³/mol. The highest BCUT2D eigenvalue weighted by atomic mass is 16.1. The number of hydrogen-bond donors (Lipinski definition) is 2. The molecule has 0 heterocycles. The van der Waals surface area contributed by atoms with E-state index in [9.17, 15) is 4.79 Å². The van der Waals surface area contributed by atoms with Crippen LogP contribution in [0.15, 0.2) is 24.3 Å². The lowest BCUT2D eigenvalue weighted by molar-refractivity contribution is -0.120.